The molecule has 0 saturated carbocycles. The van der Waals surface area contributed by atoms with Gasteiger partial charge in [-0.05, 0) is 30.0 Å². The normalized spacial score (nSPS) is 14.6. The minimum absolute atomic E-state index is 0.0386. The summed E-state index contributed by atoms with van der Waals surface area (Å²) >= 11 is 0. The van der Waals surface area contributed by atoms with E-state index < -0.39 is 23.6 Å². The van der Waals surface area contributed by atoms with Crippen molar-refractivity contribution in [3.63, 3.8) is 0 Å². The molecule has 1 rings (SSSR count). The molecule has 0 radical (unpaired) electrons. The van der Waals surface area contributed by atoms with E-state index in [2.05, 4.69) is 0 Å². The zero-order chi connectivity index (χ0) is 19.2. The van der Waals surface area contributed by atoms with Crippen LogP contribution in [0.2, 0.25) is 0 Å². The summed E-state index contributed by atoms with van der Waals surface area (Å²) in [6, 6.07) is 4.12. The van der Waals surface area contributed by atoms with Gasteiger partial charge in [-0.2, -0.15) is 0 Å². The van der Waals surface area contributed by atoms with Crippen molar-refractivity contribution in [2.24, 2.45) is 11.7 Å². The van der Waals surface area contributed by atoms with Crippen LogP contribution in [0.3, 0.4) is 0 Å². The van der Waals surface area contributed by atoms with Crippen molar-refractivity contribution in [3.8, 4) is 11.5 Å². The molecule has 0 amide bonds. The summed E-state index contributed by atoms with van der Waals surface area (Å²) in [4.78, 5) is 24.5. The van der Waals surface area contributed by atoms with Crippen LogP contribution in [0, 0.1) is 5.92 Å². The van der Waals surface area contributed by atoms with Gasteiger partial charge in [-0.3, -0.25) is 10.5 Å². The van der Waals surface area contributed by atoms with Gasteiger partial charge in [0.05, 0.1) is 7.11 Å². The number of ether oxygens (including phenoxy) is 2. The molecule has 7 nitrogen and oxygen atoms in total. The average molecular weight is 353 g/mol. The Kier molecular flexibility index (Phi) is 7.23. The smallest absolute Gasteiger partial charge is 0.366 e. The summed E-state index contributed by atoms with van der Waals surface area (Å²) in [5, 5.41) is 19.3. The molecule has 0 aliphatic rings. The third-order valence-corrected chi connectivity index (χ3v) is 3.86. The summed E-state index contributed by atoms with van der Waals surface area (Å²) in [6.45, 7) is 5.58. The molecule has 0 aliphatic heterocycles. The fraction of sp³-hybridized carbons (Fsp3) is 0.556. The van der Waals surface area contributed by atoms with E-state index in [1.807, 2.05) is 20.8 Å². The molecule has 25 heavy (non-hydrogen) atoms. The molecule has 7 heteroatoms. The number of rotatable bonds is 8. The summed E-state index contributed by atoms with van der Waals surface area (Å²) in [5.41, 5.74) is 4.65. The molecule has 4 N–H and O–H groups in total. The fourth-order valence-electron chi connectivity index (χ4n) is 2.65. The van der Waals surface area contributed by atoms with E-state index in [0.717, 1.165) is 7.11 Å². The van der Waals surface area contributed by atoms with Crippen LogP contribution in [0.1, 0.15) is 51.5 Å². The lowest BCUT2D eigenvalue weighted by atomic mass is 9.84. The molecular formula is C18H27NO6. The van der Waals surface area contributed by atoms with Gasteiger partial charge in [-0.1, -0.05) is 33.3 Å². The Morgan fingerprint density at radius 2 is 1.88 bits per heavy atom. The Balaban J connectivity index is 3.32. The first kappa shape index (κ1) is 20.8. The van der Waals surface area contributed by atoms with Crippen LogP contribution in [-0.4, -0.2) is 35.0 Å². The molecule has 2 atom stereocenters. The number of hydrogen-bond acceptors (Lipinski definition) is 7. The van der Waals surface area contributed by atoms with Crippen LogP contribution in [0.15, 0.2) is 18.2 Å². The van der Waals surface area contributed by atoms with Gasteiger partial charge in [0.15, 0.2) is 11.5 Å². The third-order valence-electron chi connectivity index (χ3n) is 3.86. The van der Waals surface area contributed by atoms with E-state index in [0.29, 0.717) is 18.4 Å². The van der Waals surface area contributed by atoms with Gasteiger partial charge in [0.1, 0.15) is 0 Å². The highest BCUT2D eigenvalue weighted by Gasteiger charge is 2.48. The lowest BCUT2D eigenvalue weighted by Gasteiger charge is -2.34. The van der Waals surface area contributed by atoms with Gasteiger partial charge >= 0.3 is 11.9 Å². The maximum atomic E-state index is 12.4. The molecule has 0 heterocycles. The van der Waals surface area contributed by atoms with E-state index in [1.54, 1.807) is 0 Å². The number of aromatic hydroxyl groups is 2. The predicted molar refractivity (Wildman–Crippen MR) is 91.9 cm³/mol. The van der Waals surface area contributed by atoms with Crippen molar-refractivity contribution in [2.75, 3.05) is 7.11 Å². The number of esters is 2. The topological polar surface area (TPSA) is 119 Å². The summed E-state index contributed by atoms with van der Waals surface area (Å²) in [7, 11) is 1.16. The molecule has 0 aliphatic carbocycles. The van der Waals surface area contributed by atoms with Crippen LogP contribution >= 0.6 is 0 Å². The Morgan fingerprint density at radius 3 is 2.36 bits per heavy atom. The highest BCUT2D eigenvalue weighted by molar-refractivity contribution is 5.84. The monoisotopic (exact) mass is 353 g/mol. The van der Waals surface area contributed by atoms with Crippen molar-refractivity contribution < 1.29 is 29.3 Å². The summed E-state index contributed by atoms with van der Waals surface area (Å²) in [5.74, 6) is -2.83. The fourth-order valence-corrected chi connectivity index (χ4v) is 2.65. The van der Waals surface area contributed by atoms with Gasteiger partial charge in [-0.15, -0.1) is 0 Å². The highest BCUT2D eigenvalue weighted by atomic mass is 16.6. The molecule has 1 aromatic carbocycles. The van der Waals surface area contributed by atoms with Crippen molar-refractivity contribution in [1.29, 1.82) is 0 Å². The molecule has 0 saturated heterocycles. The minimum atomic E-state index is -2.03. The van der Waals surface area contributed by atoms with E-state index in [1.165, 1.54) is 18.2 Å². The molecule has 1 aromatic rings. The first-order valence-corrected chi connectivity index (χ1v) is 8.26. The first-order chi connectivity index (χ1) is 11.7. The van der Waals surface area contributed by atoms with Crippen LogP contribution in [-0.2, 0) is 19.1 Å². The second kappa shape index (κ2) is 8.71. The maximum absolute atomic E-state index is 12.4. The Morgan fingerprint density at radius 1 is 1.24 bits per heavy atom. The molecule has 0 aromatic heterocycles. The molecule has 0 bridgehead atoms. The quantitative estimate of drug-likeness (QED) is 0.373. The zero-order valence-electron chi connectivity index (χ0n) is 15.1. The van der Waals surface area contributed by atoms with Gasteiger partial charge < -0.3 is 19.7 Å². The Bertz CT molecular complexity index is 616. The van der Waals surface area contributed by atoms with Gasteiger partial charge in [0.2, 0.25) is 0 Å². The van der Waals surface area contributed by atoms with Crippen molar-refractivity contribution in [1.82, 2.24) is 0 Å². The average Bonchev–Trinajstić information content (AvgIpc) is 2.53. The van der Waals surface area contributed by atoms with Crippen molar-refractivity contribution >= 4 is 11.9 Å². The number of nitrogens with two attached hydrogens (primary N) is 1. The maximum Gasteiger partial charge on any atom is 0.366 e. The van der Waals surface area contributed by atoms with Crippen molar-refractivity contribution in [3.05, 3.63) is 23.8 Å². The Hall–Kier alpha value is -2.28. The molecular weight excluding hydrogens is 326 g/mol. The van der Waals surface area contributed by atoms with Crippen LogP contribution < -0.4 is 5.73 Å². The summed E-state index contributed by atoms with van der Waals surface area (Å²) < 4.78 is 10.1. The van der Waals surface area contributed by atoms with E-state index in [-0.39, 0.29) is 23.8 Å². The second-order valence-electron chi connectivity index (χ2n) is 6.45. The van der Waals surface area contributed by atoms with Gasteiger partial charge in [0.25, 0.3) is 5.72 Å². The van der Waals surface area contributed by atoms with Gasteiger partial charge in [-0.25, -0.2) is 4.79 Å². The number of carbonyl (C=O) groups is 2. The molecule has 140 valence electrons. The number of phenolic OH excluding ortho intramolecular Hbond substituents is 2. The van der Waals surface area contributed by atoms with Crippen LogP contribution in [0.4, 0.5) is 0 Å². The number of phenols is 2. The second-order valence-corrected chi connectivity index (χ2v) is 6.45. The van der Waals surface area contributed by atoms with E-state index >= 15 is 0 Å². The standard InChI is InChI=1S/C18H27NO6/c1-5-6-13(12-7-8-14(20)15(21)10-12)18(19,17(23)24-4)25-16(22)9-11(2)3/h7-8,10-11,13,20-21H,5-6,9,19H2,1-4H3/t13?,18-/m0/s1. The highest BCUT2D eigenvalue weighted by Crippen LogP contribution is 2.37. The number of carbonyl (C=O) groups excluding carboxylic acids is 2. The van der Waals surface area contributed by atoms with E-state index in [4.69, 9.17) is 15.2 Å². The molecule has 0 spiro atoms. The first-order valence-electron chi connectivity index (χ1n) is 8.26. The predicted octanol–water partition coefficient (Wildman–Crippen LogP) is 2.40. The number of benzene rings is 1. The SMILES string of the molecule is CCCC(c1ccc(O)c(O)c1)[C@](N)(OC(=O)CC(C)C)C(=O)OC. The summed E-state index contributed by atoms with van der Waals surface area (Å²) in [6.07, 6.45) is 1.16. The number of hydrogen-bond donors (Lipinski definition) is 3. The zero-order valence-corrected chi connectivity index (χ0v) is 15.1. The van der Waals surface area contributed by atoms with Crippen molar-refractivity contribution in [2.45, 2.75) is 51.7 Å². The van der Waals surface area contributed by atoms with E-state index in [9.17, 15) is 19.8 Å². The lowest BCUT2D eigenvalue weighted by molar-refractivity contribution is -0.184. The third kappa shape index (κ3) is 5.09. The molecule has 0 fully saturated rings. The largest absolute Gasteiger partial charge is 0.504 e. The lowest BCUT2D eigenvalue weighted by Crippen LogP contribution is -2.57. The van der Waals surface area contributed by atoms with Crippen LogP contribution in [0.5, 0.6) is 11.5 Å². The number of methoxy groups -OCH3 is 1. The van der Waals surface area contributed by atoms with Crippen LogP contribution in [0.25, 0.3) is 0 Å². The molecule has 1 unspecified atom stereocenters. The van der Waals surface area contributed by atoms with Gasteiger partial charge in [0, 0.05) is 12.3 Å². The minimum Gasteiger partial charge on any atom is -0.504 e. The Labute approximate surface area is 147 Å².